The van der Waals surface area contributed by atoms with Crippen molar-refractivity contribution in [1.82, 2.24) is 5.32 Å². The van der Waals surface area contributed by atoms with Crippen molar-refractivity contribution < 1.29 is 17.6 Å². The summed E-state index contributed by atoms with van der Waals surface area (Å²) in [7, 11) is -3.76. The Bertz CT molecular complexity index is 708. The molecule has 1 aromatic carbocycles. The zero-order valence-electron chi connectivity index (χ0n) is 10.7. The molecule has 0 fully saturated rings. The molecule has 0 aliphatic carbocycles. The van der Waals surface area contributed by atoms with Crippen LogP contribution in [0.4, 0.5) is 0 Å². The lowest BCUT2D eigenvalue weighted by Crippen LogP contribution is -2.26. The highest BCUT2D eigenvalue weighted by atomic mass is 32.2. The van der Waals surface area contributed by atoms with E-state index in [1.807, 2.05) is 0 Å². The van der Waals surface area contributed by atoms with Gasteiger partial charge in [-0.15, -0.1) is 0 Å². The van der Waals surface area contributed by atoms with Crippen molar-refractivity contribution in [1.29, 1.82) is 0 Å². The fourth-order valence-corrected chi connectivity index (χ4v) is 2.29. The molecule has 1 aromatic heterocycles. The monoisotopic (exact) mass is 294 g/mol. The Hall–Kier alpha value is -2.12. The molecule has 0 aliphatic heterocycles. The van der Waals surface area contributed by atoms with E-state index in [-0.39, 0.29) is 16.8 Å². The first-order chi connectivity index (χ1) is 9.38. The average molecular weight is 294 g/mol. The van der Waals surface area contributed by atoms with Crippen molar-refractivity contribution in [2.45, 2.75) is 17.9 Å². The number of nitrogens with one attached hydrogen (secondary N) is 1. The number of hydrogen-bond acceptors (Lipinski definition) is 4. The summed E-state index contributed by atoms with van der Waals surface area (Å²) in [6.45, 7) is 1.75. The molecule has 106 valence electrons. The van der Waals surface area contributed by atoms with Gasteiger partial charge in [0.1, 0.15) is 6.26 Å². The van der Waals surface area contributed by atoms with Crippen LogP contribution in [0.5, 0.6) is 0 Å². The van der Waals surface area contributed by atoms with Crippen LogP contribution in [0.15, 0.2) is 52.2 Å². The largest absolute Gasteiger partial charge is 0.472 e. The molecule has 3 N–H and O–H groups in total. The molecule has 7 heteroatoms. The molecule has 20 heavy (non-hydrogen) atoms. The highest BCUT2D eigenvalue weighted by Gasteiger charge is 2.14. The first-order valence-electron chi connectivity index (χ1n) is 5.84. The lowest BCUT2D eigenvalue weighted by atomic mass is 10.1. The van der Waals surface area contributed by atoms with Gasteiger partial charge in [0.05, 0.1) is 22.8 Å². The molecule has 0 spiro atoms. The predicted octanol–water partition coefficient (Wildman–Crippen LogP) is 1.42. The molecule has 0 aliphatic rings. The lowest BCUT2D eigenvalue weighted by molar-refractivity contribution is 0.0939. The minimum Gasteiger partial charge on any atom is -0.472 e. The topological polar surface area (TPSA) is 102 Å². The zero-order chi connectivity index (χ0) is 14.8. The highest BCUT2D eigenvalue weighted by molar-refractivity contribution is 7.89. The average Bonchev–Trinajstić information content (AvgIpc) is 2.91. The molecule has 1 unspecified atom stereocenters. The van der Waals surface area contributed by atoms with E-state index in [0.29, 0.717) is 11.1 Å². The number of carbonyl (C=O) groups excluding carboxylic acids is 1. The second-order valence-electron chi connectivity index (χ2n) is 4.32. The summed E-state index contributed by atoms with van der Waals surface area (Å²) < 4.78 is 27.4. The van der Waals surface area contributed by atoms with Crippen LogP contribution in [0.25, 0.3) is 0 Å². The van der Waals surface area contributed by atoms with E-state index in [0.717, 1.165) is 0 Å². The molecular formula is C13H14N2O4S. The first kappa shape index (κ1) is 14.3. The third kappa shape index (κ3) is 3.25. The molecular weight excluding hydrogens is 280 g/mol. The highest BCUT2D eigenvalue weighted by Crippen LogP contribution is 2.17. The normalized spacial score (nSPS) is 12.9. The zero-order valence-corrected chi connectivity index (χ0v) is 11.6. The summed E-state index contributed by atoms with van der Waals surface area (Å²) in [4.78, 5) is 11.9. The van der Waals surface area contributed by atoms with Crippen LogP contribution in [0.1, 0.15) is 28.9 Å². The summed E-state index contributed by atoms with van der Waals surface area (Å²) in [5, 5.41) is 7.82. The van der Waals surface area contributed by atoms with Crippen molar-refractivity contribution in [2.75, 3.05) is 0 Å². The molecule has 6 nitrogen and oxygen atoms in total. The third-order valence-electron chi connectivity index (χ3n) is 2.82. The van der Waals surface area contributed by atoms with Gasteiger partial charge in [0, 0.05) is 0 Å². The fourth-order valence-electron chi connectivity index (χ4n) is 1.72. The summed E-state index contributed by atoms with van der Waals surface area (Å²) >= 11 is 0. The van der Waals surface area contributed by atoms with Crippen molar-refractivity contribution in [3.05, 3.63) is 54.0 Å². The first-order valence-corrected chi connectivity index (χ1v) is 7.38. The van der Waals surface area contributed by atoms with Crippen molar-refractivity contribution in [3.8, 4) is 0 Å². The second-order valence-corrected chi connectivity index (χ2v) is 5.89. The lowest BCUT2D eigenvalue weighted by Gasteiger charge is -2.14. The smallest absolute Gasteiger partial charge is 0.255 e. The number of furan rings is 1. The van der Waals surface area contributed by atoms with Crippen LogP contribution in [-0.2, 0) is 10.0 Å². The summed E-state index contributed by atoms with van der Waals surface area (Å²) in [6.07, 6.45) is 2.74. The Morgan fingerprint density at radius 1 is 1.35 bits per heavy atom. The molecule has 1 heterocycles. The number of hydrogen-bond donors (Lipinski definition) is 2. The van der Waals surface area contributed by atoms with E-state index >= 15 is 0 Å². The Labute approximate surface area is 116 Å². The Kier molecular flexibility index (Phi) is 3.91. The predicted molar refractivity (Wildman–Crippen MR) is 72.4 cm³/mol. The maximum Gasteiger partial charge on any atom is 0.255 e. The van der Waals surface area contributed by atoms with E-state index in [1.165, 1.54) is 24.7 Å². The maximum absolute atomic E-state index is 11.9. The van der Waals surface area contributed by atoms with Crippen LogP contribution in [0.3, 0.4) is 0 Å². The minimum absolute atomic E-state index is 0.0133. The van der Waals surface area contributed by atoms with E-state index in [4.69, 9.17) is 9.56 Å². The number of rotatable bonds is 4. The van der Waals surface area contributed by atoms with Gasteiger partial charge in [-0.05, 0) is 30.7 Å². The fraction of sp³-hybridized carbons (Fsp3) is 0.154. The third-order valence-corrected chi connectivity index (χ3v) is 3.73. The van der Waals surface area contributed by atoms with Gasteiger partial charge < -0.3 is 9.73 Å². The molecule has 2 rings (SSSR count). The molecule has 2 aromatic rings. The van der Waals surface area contributed by atoms with E-state index in [1.54, 1.807) is 25.1 Å². The maximum atomic E-state index is 11.9. The van der Waals surface area contributed by atoms with Crippen molar-refractivity contribution in [3.63, 3.8) is 0 Å². The molecule has 0 saturated carbocycles. The number of primary sulfonamides is 1. The Morgan fingerprint density at radius 2 is 2.10 bits per heavy atom. The Balaban J connectivity index is 2.18. The standard InChI is InChI=1S/C13H14N2O4S/c1-9(15-13(16)11-5-6-19-8-11)10-3-2-4-12(7-10)20(14,17)18/h2-9H,1H3,(H,15,16)(H2,14,17,18). The summed E-state index contributed by atoms with van der Waals surface area (Å²) in [6, 6.07) is 7.33. The van der Waals surface area contributed by atoms with Gasteiger partial charge in [0.25, 0.3) is 5.91 Å². The second kappa shape index (κ2) is 5.48. The molecule has 0 bridgehead atoms. The van der Waals surface area contributed by atoms with Gasteiger partial charge in [-0.2, -0.15) is 0 Å². The SMILES string of the molecule is CC(NC(=O)c1ccoc1)c1cccc(S(N)(=O)=O)c1. The number of benzene rings is 1. The van der Waals surface area contributed by atoms with Crippen LogP contribution in [0.2, 0.25) is 0 Å². The summed E-state index contributed by atoms with van der Waals surface area (Å²) in [5.41, 5.74) is 1.05. The van der Waals surface area contributed by atoms with Crippen LogP contribution in [0, 0.1) is 0 Å². The van der Waals surface area contributed by atoms with Gasteiger partial charge in [0.2, 0.25) is 10.0 Å². The van der Waals surface area contributed by atoms with Crippen molar-refractivity contribution in [2.24, 2.45) is 5.14 Å². The van der Waals surface area contributed by atoms with Gasteiger partial charge in [-0.25, -0.2) is 13.6 Å². The van der Waals surface area contributed by atoms with E-state index in [2.05, 4.69) is 5.32 Å². The van der Waals surface area contributed by atoms with Crippen LogP contribution >= 0.6 is 0 Å². The minimum atomic E-state index is -3.76. The summed E-state index contributed by atoms with van der Waals surface area (Å²) in [5.74, 6) is -0.299. The molecule has 0 saturated heterocycles. The number of amides is 1. The van der Waals surface area contributed by atoms with E-state index < -0.39 is 10.0 Å². The van der Waals surface area contributed by atoms with Gasteiger partial charge >= 0.3 is 0 Å². The molecule has 0 radical (unpaired) electrons. The van der Waals surface area contributed by atoms with Gasteiger partial charge in [-0.1, -0.05) is 12.1 Å². The number of nitrogens with two attached hydrogens (primary N) is 1. The molecule has 1 amide bonds. The van der Waals surface area contributed by atoms with Crippen LogP contribution in [-0.4, -0.2) is 14.3 Å². The van der Waals surface area contributed by atoms with Crippen molar-refractivity contribution >= 4 is 15.9 Å². The van der Waals surface area contributed by atoms with Crippen LogP contribution < -0.4 is 10.5 Å². The molecule has 1 atom stereocenters. The number of sulfonamides is 1. The van der Waals surface area contributed by atoms with Gasteiger partial charge in [0.15, 0.2) is 0 Å². The van der Waals surface area contributed by atoms with E-state index in [9.17, 15) is 13.2 Å². The number of carbonyl (C=O) groups is 1. The Morgan fingerprint density at radius 3 is 2.70 bits per heavy atom. The quantitative estimate of drug-likeness (QED) is 0.890. The van der Waals surface area contributed by atoms with Gasteiger partial charge in [-0.3, -0.25) is 4.79 Å².